The van der Waals surface area contributed by atoms with Crippen molar-refractivity contribution in [1.29, 1.82) is 0 Å². The molecule has 0 spiro atoms. The fourth-order valence-electron chi connectivity index (χ4n) is 1.80. The van der Waals surface area contributed by atoms with Crippen LogP contribution in [0.1, 0.15) is 5.56 Å². The number of anilines is 1. The maximum Gasteiger partial charge on any atom is 0.238 e. The van der Waals surface area contributed by atoms with Gasteiger partial charge in [0.05, 0.1) is 15.6 Å². The van der Waals surface area contributed by atoms with E-state index in [1.54, 1.807) is 0 Å². The van der Waals surface area contributed by atoms with Crippen LogP contribution in [-0.2, 0) is 16.4 Å². The average Bonchev–Trinajstić information content (AvgIpc) is 2.41. The predicted molar refractivity (Wildman–Crippen MR) is 81.5 cm³/mol. The number of halogens is 1. The van der Waals surface area contributed by atoms with Crippen molar-refractivity contribution >= 4 is 27.3 Å². The zero-order valence-corrected chi connectivity index (χ0v) is 12.3. The quantitative estimate of drug-likeness (QED) is 0.891. The van der Waals surface area contributed by atoms with E-state index in [-0.39, 0.29) is 4.90 Å². The van der Waals surface area contributed by atoms with Gasteiger partial charge in [0.25, 0.3) is 0 Å². The molecule has 0 aliphatic heterocycles. The van der Waals surface area contributed by atoms with Gasteiger partial charge in [-0.3, -0.25) is 0 Å². The average molecular weight is 311 g/mol. The molecule has 0 unspecified atom stereocenters. The van der Waals surface area contributed by atoms with E-state index in [0.717, 1.165) is 6.42 Å². The van der Waals surface area contributed by atoms with Gasteiger partial charge in [0.1, 0.15) is 0 Å². The number of rotatable bonds is 5. The zero-order valence-electron chi connectivity index (χ0n) is 10.7. The molecule has 0 saturated heterocycles. The summed E-state index contributed by atoms with van der Waals surface area (Å²) in [5, 5.41) is 8.68. The van der Waals surface area contributed by atoms with Crippen LogP contribution >= 0.6 is 11.6 Å². The maximum absolute atomic E-state index is 11.3. The Morgan fingerprint density at radius 3 is 2.45 bits per heavy atom. The number of sulfonamides is 1. The van der Waals surface area contributed by atoms with Gasteiger partial charge in [0.2, 0.25) is 10.0 Å². The topological polar surface area (TPSA) is 72.2 Å². The SMILES string of the molecule is NS(=O)(=O)c1ccc(Cl)c(NCCc2ccccc2)c1. The molecule has 0 bridgehead atoms. The van der Waals surface area contributed by atoms with Gasteiger partial charge in [-0.15, -0.1) is 0 Å². The highest BCUT2D eigenvalue weighted by Crippen LogP contribution is 2.24. The van der Waals surface area contributed by atoms with Crippen molar-refractivity contribution in [3.8, 4) is 0 Å². The first-order valence-electron chi connectivity index (χ1n) is 6.07. The van der Waals surface area contributed by atoms with Crippen molar-refractivity contribution in [2.45, 2.75) is 11.3 Å². The molecule has 3 N–H and O–H groups in total. The predicted octanol–water partition coefficient (Wildman–Crippen LogP) is 2.64. The van der Waals surface area contributed by atoms with Gasteiger partial charge in [-0.05, 0) is 30.2 Å². The lowest BCUT2D eigenvalue weighted by Crippen LogP contribution is -2.13. The summed E-state index contributed by atoms with van der Waals surface area (Å²) in [5.41, 5.74) is 1.76. The molecule has 4 nitrogen and oxygen atoms in total. The van der Waals surface area contributed by atoms with Crippen LogP contribution in [-0.4, -0.2) is 15.0 Å². The van der Waals surface area contributed by atoms with Crippen molar-refractivity contribution < 1.29 is 8.42 Å². The summed E-state index contributed by atoms with van der Waals surface area (Å²) < 4.78 is 22.6. The van der Waals surface area contributed by atoms with Gasteiger partial charge >= 0.3 is 0 Å². The highest BCUT2D eigenvalue weighted by atomic mass is 35.5. The third kappa shape index (κ3) is 3.96. The van der Waals surface area contributed by atoms with E-state index >= 15 is 0 Å². The largest absolute Gasteiger partial charge is 0.383 e. The molecular weight excluding hydrogens is 296 g/mol. The van der Waals surface area contributed by atoms with Gasteiger partial charge in [-0.2, -0.15) is 0 Å². The second-order valence-electron chi connectivity index (χ2n) is 4.35. The van der Waals surface area contributed by atoms with Crippen LogP contribution in [0, 0.1) is 0 Å². The maximum atomic E-state index is 11.3. The molecule has 0 fully saturated rings. The summed E-state index contributed by atoms with van der Waals surface area (Å²) in [6.45, 7) is 0.651. The standard InChI is InChI=1S/C14H15ClN2O2S/c15-13-7-6-12(20(16,18)19)10-14(13)17-9-8-11-4-2-1-3-5-11/h1-7,10,17H,8-9H2,(H2,16,18,19). The number of primary sulfonamides is 1. The highest BCUT2D eigenvalue weighted by molar-refractivity contribution is 7.89. The molecule has 0 saturated carbocycles. The number of nitrogens with two attached hydrogens (primary N) is 1. The molecule has 2 aromatic carbocycles. The Balaban J connectivity index is 2.06. The van der Waals surface area contributed by atoms with Crippen molar-refractivity contribution in [2.24, 2.45) is 5.14 Å². The summed E-state index contributed by atoms with van der Waals surface area (Å²) in [6.07, 6.45) is 0.816. The van der Waals surface area contributed by atoms with Gasteiger partial charge in [-0.1, -0.05) is 41.9 Å². The molecule has 0 aliphatic rings. The third-order valence-electron chi connectivity index (χ3n) is 2.84. The fourth-order valence-corrected chi connectivity index (χ4v) is 2.53. The Morgan fingerprint density at radius 2 is 1.80 bits per heavy atom. The Hall–Kier alpha value is -1.56. The minimum atomic E-state index is -3.72. The number of hydrogen-bond acceptors (Lipinski definition) is 3. The Bertz CT molecular complexity index is 688. The number of benzene rings is 2. The van der Waals surface area contributed by atoms with Gasteiger partial charge < -0.3 is 5.32 Å². The van der Waals surface area contributed by atoms with E-state index in [9.17, 15) is 8.42 Å². The molecule has 106 valence electrons. The summed E-state index contributed by atoms with van der Waals surface area (Å²) >= 11 is 6.03. The molecular formula is C14H15ClN2O2S. The third-order valence-corrected chi connectivity index (χ3v) is 4.08. The molecule has 0 heterocycles. The van der Waals surface area contributed by atoms with Crippen LogP contribution in [0.15, 0.2) is 53.4 Å². The Kier molecular flexibility index (Phi) is 4.65. The summed E-state index contributed by atoms with van der Waals surface area (Å²) in [4.78, 5) is 0.0455. The van der Waals surface area contributed by atoms with E-state index in [2.05, 4.69) is 5.32 Å². The molecule has 2 rings (SSSR count). The Labute approximate surface area is 123 Å². The summed E-state index contributed by atoms with van der Waals surface area (Å²) in [6, 6.07) is 14.3. The monoisotopic (exact) mass is 310 g/mol. The van der Waals surface area contributed by atoms with Crippen LogP contribution in [0.3, 0.4) is 0 Å². The van der Waals surface area contributed by atoms with Crippen LogP contribution in [0.2, 0.25) is 5.02 Å². The lowest BCUT2D eigenvalue weighted by molar-refractivity contribution is 0.598. The van der Waals surface area contributed by atoms with Crippen molar-refractivity contribution in [3.05, 3.63) is 59.1 Å². The molecule has 6 heteroatoms. The molecule has 20 heavy (non-hydrogen) atoms. The summed E-state index contributed by atoms with van der Waals surface area (Å²) in [7, 11) is -3.72. The zero-order chi connectivity index (χ0) is 14.6. The normalized spacial score (nSPS) is 11.3. The van der Waals surface area contributed by atoms with Crippen LogP contribution < -0.4 is 10.5 Å². The fraction of sp³-hybridized carbons (Fsp3) is 0.143. The van der Waals surface area contributed by atoms with Crippen LogP contribution in [0.25, 0.3) is 0 Å². The van der Waals surface area contributed by atoms with Crippen molar-refractivity contribution in [3.63, 3.8) is 0 Å². The highest BCUT2D eigenvalue weighted by Gasteiger charge is 2.10. The number of nitrogens with one attached hydrogen (secondary N) is 1. The second kappa shape index (κ2) is 6.26. The minimum Gasteiger partial charge on any atom is -0.383 e. The van der Waals surface area contributed by atoms with Crippen molar-refractivity contribution in [1.82, 2.24) is 0 Å². The number of hydrogen-bond donors (Lipinski definition) is 2. The van der Waals surface area contributed by atoms with Gasteiger partial charge in [-0.25, -0.2) is 13.6 Å². The van der Waals surface area contributed by atoms with Gasteiger partial charge in [0, 0.05) is 6.54 Å². The molecule has 0 amide bonds. The van der Waals surface area contributed by atoms with Crippen molar-refractivity contribution in [2.75, 3.05) is 11.9 Å². The van der Waals surface area contributed by atoms with Gasteiger partial charge in [0.15, 0.2) is 0 Å². The lowest BCUT2D eigenvalue weighted by Gasteiger charge is -2.10. The lowest BCUT2D eigenvalue weighted by atomic mass is 10.1. The minimum absolute atomic E-state index is 0.0455. The second-order valence-corrected chi connectivity index (χ2v) is 6.32. The first-order chi connectivity index (χ1) is 9.47. The van der Waals surface area contributed by atoms with Crippen LogP contribution in [0.4, 0.5) is 5.69 Å². The van der Waals surface area contributed by atoms with E-state index in [4.69, 9.17) is 16.7 Å². The molecule has 2 aromatic rings. The smallest absolute Gasteiger partial charge is 0.238 e. The molecule has 0 aliphatic carbocycles. The van der Waals surface area contributed by atoms with E-state index in [1.807, 2.05) is 30.3 Å². The Morgan fingerprint density at radius 1 is 1.10 bits per heavy atom. The van der Waals surface area contributed by atoms with E-state index in [1.165, 1.54) is 23.8 Å². The molecule has 0 radical (unpaired) electrons. The summed E-state index contributed by atoms with van der Waals surface area (Å²) in [5.74, 6) is 0. The first kappa shape index (κ1) is 14.8. The van der Waals surface area contributed by atoms with E-state index in [0.29, 0.717) is 17.3 Å². The van der Waals surface area contributed by atoms with E-state index < -0.39 is 10.0 Å². The molecule has 0 atom stereocenters. The molecule has 0 aromatic heterocycles. The van der Waals surface area contributed by atoms with Crippen LogP contribution in [0.5, 0.6) is 0 Å². The first-order valence-corrected chi connectivity index (χ1v) is 7.99.